The summed E-state index contributed by atoms with van der Waals surface area (Å²) < 4.78 is 37.8. The van der Waals surface area contributed by atoms with Crippen molar-refractivity contribution in [1.29, 1.82) is 0 Å². The minimum atomic E-state index is -0.773. The summed E-state index contributed by atoms with van der Waals surface area (Å²) in [5, 5.41) is 16.0. The van der Waals surface area contributed by atoms with Crippen LogP contribution in [0.15, 0.2) is 36.4 Å². The number of fused-ring (bicyclic) bond motifs is 4. The van der Waals surface area contributed by atoms with Crippen molar-refractivity contribution in [3.8, 4) is 22.9 Å². The van der Waals surface area contributed by atoms with Gasteiger partial charge >= 0.3 is 6.01 Å². The van der Waals surface area contributed by atoms with Crippen molar-refractivity contribution in [2.75, 3.05) is 25.1 Å². The van der Waals surface area contributed by atoms with Crippen LogP contribution in [-0.2, 0) is 0 Å². The molecule has 3 aromatic carbocycles. The molecule has 1 aromatic heterocycles. The molecule has 8 heteroatoms. The molecule has 37 heavy (non-hydrogen) atoms. The lowest BCUT2D eigenvalue weighted by Crippen LogP contribution is -2.51. The molecule has 4 aromatic rings. The van der Waals surface area contributed by atoms with Crippen LogP contribution >= 0.6 is 0 Å². The highest BCUT2D eigenvalue weighted by atomic mass is 19.1. The molecule has 3 heterocycles. The van der Waals surface area contributed by atoms with Gasteiger partial charge in [-0.25, -0.2) is 8.78 Å². The van der Waals surface area contributed by atoms with Crippen LogP contribution in [0.1, 0.15) is 43.6 Å². The second-order valence-electron chi connectivity index (χ2n) is 10.6. The fraction of sp³-hybridized carbons (Fsp3) is 0.379. The first kappa shape index (κ1) is 22.7. The van der Waals surface area contributed by atoms with Gasteiger partial charge in [0.2, 0.25) is 0 Å². The van der Waals surface area contributed by atoms with Crippen molar-refractivity contribution >= 4 is 27.5 Å². The van der Waals surface area contributed by atoms with Crippen molar-refractivity contribution < 1.29 is 18.6 Å². The van der Waals surface area contributed by atoms with Crippen molar-refractivity contribution in [3.63, 3.8) is 0 Å². The number of piperazine rings is 1. The van der Waals surface area contributed by atoms with E-state index >= 15 is 8.78 Å². The summed E-state index contributed by atoms with van der Waals surface area (Å²) in [7, 11) is 1.45. The van der Waals surface area contributed by atoms with Gasteiger partial charge in [-0.2, -0.15) is 9.97 Å². The molecule has 2 N–H and O–H groups in total. The van der Waals surface area contributed by atoms with E-state index in [1.807, 2.05) is 18.2 Å². The number of nitrogens with zero attached hydrogens (tertiary/aromatic N) is 3. The van der Waals surface area contributed by atoms with Gasteiger partial charge in [-0.3, -0.25) is 0 Å². The highest BCUT2D eigenvalue weighted by Gasteiger charge is 2.34. The number of hydrogen-bond donors (Lipinski definition) is 2. The Hall–Kier alpha value is -3.52. The quantitative estimate of drug-likeness (QED) is 0.376. The van der Waals surface area contributed by atoms with E-state index in [2.05, 4.69) is 20.2 Å². The molecule has 2 atom stereocenters. The number of benzene rings is 3. The minimum absolute atomic E-state index is 0.0155. The summed E-state index contributed by atoms with van der Waals surface area (Å²) >= 11 is 0. The Kier molecular flexibility index (Phi) is 5.22. The first-order chi connectivity index (χ1) is 18.0. The first-order valence-corrected chi connectivity index (χ1v) is 13.0. The minimum Gasteiger partial charge on any atom is -0.508 e. The molecule has 1 aliphatic carbocycles. The maximum absolute atomic E-state index is 16.4. The van der Waals surface area contributed by atoms with E-state index in [0.717, 1.165) is 48.4 Å². The first-order valence-electron chi connectivity index (χ1n) is 13.0. The topological polar surface area (TPSA) is 70.5 Å². The molecular weight excluding hydrogens is 474 g/mol. The average Bonchev–Trinajstić information content (AvgIpc) is 3.19. The molecule has 7 rings (SSSR count). The Morgan fingerprint density at radius 1 is 1.03 bits per heavy atom. The number of rotatable bonds is 4. The van der Waals surface area contributed by atoms with Crippen LogP contribution in [0.25, 0.3) is 32.8 Å². The normalized spacial score (nSPS) is 21.5. The van der Waals surface area contributed by atoms with Crippen molar-refractivity contribution in [2.24, 2.45) is 0 Å². The molecule has 3 aliphatic rings. The summed E-state index contributed by atoms with van der Waals surface area (Å²) in [5.74, 6) is -0.681. The zero-order valence-electron chi connectivity index (χ0n) is 20.6. The van der Waals surface area contributed by atoms with Crippen LogP contribution in [0.4, 0.5) is 14.6 Å². The van der Waals surface area contributed by atoms with Gasteiger partial charge in [-0.05, 0) is 71.7 Å². The second kappa shape index (κ2) is 8.52. The van der Waals surface area contributed by atoms with E-state index in [0.29, 0.717) is 47.9 Å². The van der Waals surface area contributed by atoms with Crippen LogP contribution in [0.2, 0.25) is 0 Å². The predicted octanol–water partition coefficient (Wildman–Crippen LogP) is 5.65. The van der Waals surface area contributed by atoms with Gasteiger partial charge in [-0.15, -0.1) is 0 Å². The zero-order valence-corrected chi connectivity index (χ0v) is 20.6. The fourth-order valence-corrected chi connectivity index (χ4v) is 6.41. The van der Waals surface area contributed by atoms with Gasteiger partial charge in [0.25, 0.3) is 0 Å². The molecule has 0 amide bonds. The van der Waals surface area contributed by atoms with Gasteiger partial charge in [0.1, 0.15) is 22.9 Å². The number of phenolic OH excluding ortho intramolecular Hbond substituents is 1. The lowest BCUT2D eigenvalue weighted by Gasteiger charge is -2.34. The van der Waals surface area contributed by atoms with Crippen LogP contribution in [0, 0.1) is 11.6 Å². The van der Waals surface area contributed by atoms with Crippen molar-refractivity contribution in [2.45, 2.75) is 50.1 Å². The maximum atomic E-state index is 16.4. The zero-order chi connectivity index (χ0) is 25.3. The Labute approximate surface area is 213 Å². The maximum Gasteiger partial charge on any atom is 0.318 e. The highest BCUT2D eigenvalue weighted by molar-refractivity contribution is 6.03. The van der Waals surface area contributed by atoms with E-state index in [1.165, 1.54) is 19.2 Å². The molecular formula is C29H28F2N4O2. The van der Waals surface area contributed by atoms with Gasteiger partial charge < -0.3 is 20.1 Å². The van der Waals surface area contributed by atoms with Crippen LogP contribution in [-0.4, -0.2) is 47.4 Å². The number of nitrogens with one attached hydrogen (secondary N) is 1. The molecule has 0 radical (unpaired) electrons. The molecule has 3 fully saturated rings. The van der Waals surface area contributed by atoms with Crippen LogP contribution in [0.5, 0.6) is 11.8 Å². The third kappa shape index (κ3) is 3.61. The standard InChI is InChI=1S/C29H28F2N4O2/c1-37-29-33-27-22(28(34-29)35-13-17-8-9-18(14-35)32-17)12-23(30)25(26(27)31)21-11-19(36)10-16-6-3-7-20(24(16)21)15-4-2-5-15/h3,6-7,10-12,15,17-18,32,36H,2,4-5,8-9,13-14H2,1H3. The van der Waals surface area contributed by atoms with Gasteiger partial charge in [-0.1, -0.05) is 24.6 Å². The number of hydrogen-bond acceptors (Lipinski definition) is 6. The largest absolute Gasteiger partial charge is 0.508 e. The molecule has 2 unspecified atom stereocenters. The average molecular weight is 503 g/mol. The van der Waals surface area contributed by atoms with Crippen LogP contribution < -0.4 is 15.0 Å². The molecule has 0 spiro atoms. The summed E-state index contributed by atoms with van der Waals surface area (Å²) in [6.45, 7) is 1.41. The molecule has 2 bridgehead atoms. The summed E-state index contributed by atoms with van der Waals surface area (Å²) in [5.41, 5.74) is 1.23. The molecule has 1 saturated carbocycles. The van der Waals surface area contributed by atoms with Gasteiger partial charge in [0, 0.05) is 30.6 Å². The van der Waals surface area contributed by atoms with E-state index < -0.39 is 11.6 Å². The smallest absolute Gasteiger partial charge is 0.318 e. The SMILES string of the molecule is COc1nc(N2CC3CCC(C2)N3)c2cc(F)c(-c3cc(O)cc4cccc(C5CCC5)c34)c(F)c2n1. The van der Waals surface area contributed by atoms with E-state index in [1.54, 1.807) is 6.07 Å². The van der Waals surface area contributed by atoms with Crippen molar-refractivity contribution in [1.82, 2.24) is 15.3 Å². The fourth-order valence-electron chi connectivity index (χ4n) is 6.41. The van der Waals surface area contributed by atoms with E-state index in [4.69, 9.17) is 4.74 Å². The number of methoxy groups -OCH3 is 1. The Balaban J connectivity index is 1.47. The number of phenols is 1. The second-order valence-corrected chi connectivity index (χ2v) is 10.6. The molecule has 190 valence electrons. The Bertz CT molecular complexity index is 1540. The number of anilines is 1. The predicted molar refractivity (Wildman–Crippen MR) is 139 cm³/mol. The van der Waals surface area contributed by atoms with E-state index in [9.17, 15) is 5.11 Å². The molecule has 2 saturated heterocycles. The van der Waals surface area contributed by atoms with Gasteiger partial charge in [0.15, 0.2) is 5.82 Å². The lowest BCUT2D eigenvalue weighted by atomic mass is 9.77. The van der Waals surface area contributed by atoms with Crippen molar-refractivity contribution in [3.05, 3.63) is 53.6 Å². The third-order valence-corrected chi connectivity index (χ3v) is 8.35. The number of ether oxygens (including phenoxy) is 1. The lowest BCUT2D eigenvalue weighted by molar-refractivity contribution is 0.380. The summed E-state index contributed by atoms with van der Waals surface area (Å²) in [6, 6.07) is 11.0. The number of aromatic nitrogens is 2. The third-order valence-electron chi connectivity index (χ3n) is 8.35. The number of aromatic hydroxyl groups is 1. The monoisotopic (exact) mass is 502 g/mol. The molecule has 6 nitrogen and oxygen atoms in total. The Morgan fingerprint density at radius 3 is 2.51 bits per heavy atom. The number of halogens is 2. The highest BCUT2D eigenvalue weighted by Crippen LogP contribution is 2.46. The van der Waals surface area contributed by atoms with Gasteiger partial charge in [0.05, 0.1) is 12.7 Å². The van der Waals surface area contributed by atoms with Crippen LogP contribution in [0.3, 0.4) is 0 Å². The summed E-state index contributed by atoms with van der Waals surface area (Å²) in [4.78, 5) is 11.0. The Morgan fingerprint density at radius 2 is 1.81 bits per heavy atom. The molecule has 2 aliphatic heterocycles. The summed E-state index contributed by atoms with van der Waals surface area (Å²) in [6.07, 6.45) is 5.37. The van der Waals surface area contributed by atoms with E-state index in [-0.39, 0.29) is 22.8 Å².